The SMILES string of the molecule is Oc1ccc(CN2CCN3CCC[C@@H]3[C@H]2C2CCCCC2)cc1. The number of hydrogen-bond acceptors (Lipinski definition) is 3. The summed E-state index contributed by atoms with van der Waals surface area (Å²) in [5, 5.41) is 9.52. The molecule has 0 spiro atoms. The van der Waals surface area contributed by atoms with Crippen LogP contribution in [0.5, 0.6) is 5.75 Å². The van der Waals surface area contributed by atoms with Crippen molar-refractivity contribution in [3.05, 3.63) is 29.8 Å². The fourth-order valence-electron chi connectivity index (χ4n) is 5.27. The predicted molar refractivity (Wildman–Crippen MR) is 93.5 cm³/mol. The quantitative estimate of drug-likeness (QED) is 0.923. The molecule has 3 aliphatic rings. The van der Waals surface area contributed by atoms with E-state index in [-0.39, 0.29) is 0 Å². The van der Waals surface area contributed by atoms with Crippen molar-refractivity contribution in [3.63, 3.8) is 0 Å². The van der Waals surface area contributed by atoms with Crippen LogP contribution in [0.4, 0.5) is 0 Å². The summed E-state index contributed by atoms with van der Waals surface area (Å²) in [6.07, 6.45) is 9.95. The standard InChI is InChI=1S/C20H30N2O/c23-18-10-8-16(9-11-18)15-22-14-13-21-12-4-7-19(21)20(22)17-5-2-1-3-6-17/h8-11,17,19-20,23H,1-7,12-15H2/t19-,20-/m1/s1. The Morgan fingerprint density at radius 2 is 1.65 bits per heavy atom. The average molecular weight is 314 g/mol. The number of fused-ring (bicyclic) bond motifs is 1. The van der Waals surface area contributed by atoms with E-state index in [9.17, 15) is 5.11 Å². The Hall–Kier alpha value is -1.06. The summed E-state index contributed by atoms with van der Waals surface area (Å²) in [6, 6.07) is 9.39. The number of hydrogen-bond donors (Lipinski definition) is 1. The average Bonchev–Trinajstić information content (AvgIpc) is 3.06. The normalized spacial score (nSPS) is 30.4. The fraction of sp³-hybridized carbons (Fsp3) is 0.700. The van der Waals surface area contributed by atoms with Crippen molar-refractivity contribution in [1.29, 1.82) is 0 Å². The highest BCUT2D eigenvalue weighted by atomic mass is 16.3. The fourth-order valence-corrected chi connectivity index (χ4v) is 5.27. The number of phenolic OH excluding ortho intramolecular Hbond substituents is 1. The van der Waals surface area contributed by atoms with Crippen molar-refractivity contribution in [2.45, 2.75) is 63.6 Å². The van der Waals surface area contributed by atoms with E-state index in [0.29, 0.717) is 5.75 Å². The minimum atomic E-state index is 0.373. The van der Waals surface area contributed by atoms with E-state index in [1.807, 2.05) is 12.1 Å². The molecule has 3 fully saturated rings. The molecule has 1 N–H and O–H groups in total. The first kappa shape index (κ1) is 15.5. The Morgan fingerprint density at radius 3 is 2.43 bits per heavy atom. The summed E-state index contributed by atoms with van der Waals surface area (Å²) in [4.78, 5) is 5.54. The third-order valence-corrected chi connectivity index (χ3v) is 6.36. The zero-order chi connectivity index (χ0) is 15.6. The van der Waals surface area contributed by atoms with Gasteiger partial charge >= 0.3 is 0 Å². The highest BCUT2D eigenvalue weighted by molar-refractivity contribution is 5.26. The predicted octanol–water partition coefficient (Wildman–Crippen LogP) is 3.62. The topological polar surface area (TPSA) is 26.7 Å². The minimum absolute atomic E-state index is 0.373. The van der Waals surface area contributed by atoms with E-state index >= 15 is 0 Å². The molecule has 126 valence electrons. The Morgan fingerprint density at radius 1 is 0.870 bits per heavy atom. The summed E-state index contributed by atoms with van der Waals surface area (Å²) in [7, 11) is 0. The lowest BCUT2D eigenvalue weighted by Gasteiger charge is -2.49. The number of phenols is 1. The van der Waals surface area contributed by atoms with E-state index < -0.39 is 0 Å². The second-order valence-electron chi connectivity index (χ2n) is 7.77. The van der Waals surface area contributed by atoms with Crippen LogP contribution in [0, 0.1) is 5.92 Å². The van der Waals surface area contributed by atoms with Crippen molar-refractivity contribution in [2.24, 2.45) is 5.92 Å². The molecule has 2 heterocycles. The van der Waals surface area contributed by atoms with Gasteiger partial charge in [0.2, 0.25) is 0 Å². The number of benzene rings is 1. The first-order valence-corrected chi connectivity index (χ1v) is 9.57. The molecule has 2 aliphatic heterocycles. The zero-order valence-electron chi connectivity index (χ0n) is 14.2. The van der Waals surface area contributed by atoms with E-state index in [4.69, 9.17) is 0 Å². The molecule has 3 nitrogen and oxygen atoms in total. The molecular formula is C20H30N2O. The Balaban J connectivity index is 1.53. The van der Waals surface area contributed by atoms with Crippen LogP contribution in [-0.2, 0) is 6.54 Å². The minimum Gasteiger partial charge on any atom is -0.508 e. The zero-order valence-corrected chi connectivity index (χ0v) is 14.2. The van der Waals surface area contributed by atoms with Gasteiger partial charge in [0.1, 0.15) is 5.75 Å². The van der Waals surface area contributed by atoms with Gasteiger partial charge in [0.25, 0.3) is 0 Å². The Bertz CT molecular complexity index is 509. The van der Waals surface area contributed by atoms with Crippen molar-refractivity contribution < 1.29 is 5.11 Å². The molecule has 1 saturated carbocycles. The van der Waals surface area contributed by atoms with Crippen LogP contribution in [-0.4, -0.2) is 46.6 Å². The van der Waals surface area contributed by atoms with Gasteiger partial charge in [0.15, 0.2) is 0 Å². The first-order chi connectivity index (χ1) is 11.3. The van der Waals surface area contributed by atoms with Crippen LogP contribution in [0.15, 0.2) is 24.3 Å². The van der Waals surface area contributed by atoms with Gasteiger partial charge in [-0.25, -0.2) is 0 Å². The highest BCUT2D eigenvalue weighted by Gasteiger charge is 2.42. The molecule has 3 heteroatoms. The molecule has 4 rings (SSSR count). The van der Waals surface area contributed by atoms with Gasteiger partial charge < -0.3 is 5.11 Å². The lowest BCUT2D eigenvalue weighted by molar-refractivity contribution is -0.00380. The number of nitrogens with zero attached hydrogens (tertiary/aromatic N) is 2. The number of aromatic hydroxyl groups is 1. The van der Waals surface area contributed by atoms with Crippen LogP contribution in [0.1, 0.15) is 50.5 Å². The van der Waals surface area contributed by atoms with E-state index in [1.165, 1.54) is 70.1 Å². The van der Waals surface area contributed by atoms with Crippen molar-refractivity contribution in [2.75, 3.05) is 19.6 Å². The third-order valence-electron chi connectivity index (χ3n) is 6.36. The summed E-state index contributed by atoms with van der Waals surface area (Å²) >= 11 is 0. The maximum absolute atomic E-state index is 9.52. The summed E-state index contributed by atoms with van der Waals surface area (Å²) in [6.45, 7) is 4.82. The van der Waals surface area contributed by atoms with Crippen LogP contribution in [0.25, 0.3) is 0 Å². The van der Waals surface area contributed by atoms with Gasteiger partial charge in [-0.2, -0.15) is 0 Å². The van der Waals surface area contributed by atoms with E-state index in [2.05, 4.69) is 21.9 Å². The summed E-state index contributed by atoms with van der Waals surface area (Å²) in [5.74, 6) is 1.27. The van der Waals surface area contributed by atoms with Crippen LogP contribution >= 0.6 is 0 Å². The summed E-state index contributed by atoms with van der Waals surface area (Å²) < 4.78 is 0. The Kier molecular flexibility index (Phi) is 4.59. The molecule has 0 bridgehead atoms. The van der Waals surface area contributed by atoms with Gasteiger partial charge in [0.05, 0.1) is 0 Å². The van der Waals surface area contributed by atoms with Gasteiger partial charge in [-0.05, 0) is 55.8 Å². The van der Waals surface area contributed by atoms with Gasteiger partial charge in [0, 0.05) is 31.7 Å². The Labute approximate surface area is 140 Å². The molecule has 0 amide bonds. The van der Waals surface area contributed by atoms with Crippen LogP contribution in [0.3, 0.4) is 0 Å². The highest BCUT2D eigenvalue weighted by Crippen LogP contribution is 2.38. The molecule has 1 aromatic rings. The third kappa shape index (κ3) is 3.27. The second-order valence-corrected chi connectivity index (χ2v) is 7.77. The lowest BCUT2D eigenvalue weighted by Crippen LogP contribution is -2.59. The van der Waals surface area contributed by atoms with Crippen molar-refractivity contribution >= 4 is 0 Å². The van der Waals surface area contributed by atoms with Gasteiger partial charge in [-0.1, -0.05) is 31.4 Å². The smallest absolute Gasteiger partial charge is 0.115 e. The maximum Gasteiger partial charge on any atom is 0.115 e. The number of piperazine rings is 1. The van der Waals surface area contributed by atoms with Crippen molar-refractivity contribution in [3.8, 4) is 5.75 Å². The van der Waals surface area contributed by atoms with E-state index in [1.54, 1.807) is 0 Å². The molecule has 2 atom stereocenters. The first-order valence-electron chi connectivity index (χ1n) is 9.57. The molecule has 2 saturated heterocycles. The van der Waals surface area contributed by atoms with Gasteiger partial charge in [-0.15, -0.1) is 0 Å². The molecule has 23 heavy (non-hydrogen) atoms. The van der Waals surface area contributed by atoms with Gasteiger partial charge in [-0.3, -0.25) is 9.80 Å². The number of rotatable bonds is 3. The molecule has 0 aromatic heterocycles. The molecule has 1 aromatic carbocycles. The monoisotopic (exact) mass is 314 g/mol. The maximum atomic E-state index is 9.52. The molecule has 1 aliphatic carbocycles. The molecular weight excluding hydrogens is 284 g/mol. The molecule has 0 unspecified atom stereocenters. The lowest BCUT2D eigenvalue weighted by atomic mass is 9.78. The van der Waals surface area contributed by atoms with Crippen molar-refractivity contribution in [1.82, 2.24) is 9.80 Å². The van der Waals surface area contributed by atoms with E-state index in [0.717, 1.165) is 24.5 Å². The molecule has 0 radical (unpaired) electrons. The van der Waals surface area contributed by atoms with Crippen LogP contribution in [0.2, 0.25) is 0 Å². The largest absolute Gasteiger partial charge is 0.508 e. The second kappa shape index (κ2) is 6.82. The van der Waals surface area contributed by atoms with Crippen LogP contribution < -0.4 is 0 Å². The summed E-state index contributed by atoms with van der Waals surface area (Å²) in [5.41, 5.74) is 1.34.